The number of allylic oxidation sites excluding steroid dienone is 2. The highest BCUT2D eigenvalue weighted by molar-refractivity contribution is 5.92. The zero-order chi connectivity index (χ0) is 18.6. The number of rotatable bonds is 4. The Morgan fingerprint density at radius 2 is 1.37 bits per heavy atom. The molecule has 0 saturated carbocycles. The molecule has 3 aromatic carbocycles. The zero-order valence-corrected chi connectivity index (χ0v) is 15.1. The Bertz CT molecular complexity index is 997. The van der Waals surface area contributed by atoms with Crippen LogP contribution in [0.4, 0.5) is 0 Å². The summed E-state index contributed by atoms with van der Waals surface area (Å²) in [5, 5.41) is 0. The molecule has 0 spiro atoms. The molecule has 0 fully saturated rings. The van der Waals surface area contributed by atoms with Crippen LogP contribution in [0.5, 0.6) is 0 Å². The summed E-state index contributed by atoms with van der Waals surface area (Å²) in [6.07, 6.45) is 2.96. The van der Waals surface area contributed by atoms with Gasteiger partial charge in [0, 0.05) is 22.6 Å². The molecule has 2 heteroatoms. The first-order valence-electron chi connectivity index (χ1n) is 9.02. The number of carbonyl (C=O) groups is 1. The second kappa shape index (κ2) is 7.46. The van der Waals surface area contributed by atoms with Crippen molar-refractivity contribution in [2.75, 3.05) is 0 Å². The molecule has 1 atom stereocenters. The normalized spacial score (nSPS) is 16.5. The van der Waals surface area contributed by atoms with Gasteiger partial charge in [-0.2, -0.15) is 0 Å². The van der Waals surface area contributed by atoms with Crippen LogP contribution >= 0.6 is 0 Å². The summed E-state index contributed by atoms with van der Waals surface area (Å²) in [6, 6.07) is 28.1. The predicted molar refractivity (Wildman–Crippen MR) is 109 cm³/mol. The lowest BCUT2D eigenvalue weighted by molar-refractivity contribution is -0.105. The van der Waals surface area contributed by atoms with E-state index in [2.05, 4.69) is 31.2 Å². The monoisotopic (exact) mass is 352 g/mol. The van der Waals surface area contributed by atoms with Crippen molar-refractivity contribution in [1.29, 1.82) is 0 Å². The van der Waals surface area contributed by atoms with Gasteiger partial charge in [-0.3, -0.25) is 4.79 Å². The van der Waals surface area contributed by atoms with E-state index >= 15 is 0 Å². The molecule has 0 radical (unpaired) electrons. The van der Waals surface area contributed by atoms with E-state index in [1.807, 2.05) is 66.7 Å². The molecule has 2 nitrogen and oxygen atoms in total. The first-order valence-corrected chi connectivity index (χ1v) is 9.02. The molecule has 1 aliphatic heterocycles. The van der Waals surface area contributed by atoms with E-state index in [4.69, 9.17) is 4.74 Å². The fourth-order valence-corrected chi connectivity index (χ4v) is 3.33. The van der Waals surface area contributed by atoms with Crippen LogP contribution in [0.1, 0.15) is 28.2 Å². The molecule has 0 N–H and O–H groups in total. The van der Waals surface area contributed by atoms with E-state index in [0.717, 1.165) is 28.7 Å². The van der Waals surface area contributed by atoms with Crippen LogP contribution in [0.3, 0.4) is 0 Å². The maximum atomic E-state index is 12.1. The van der Waals surface area contributed by atoms with Crippen molar-refractivity contribution in [2.24, 2.45) is 0 Å². The molecule has 1 heterocycles. The molecule has 0 bridgehead atoms. The molecule has 4 rings (SSSR count). The number of carbonyl (C=O) groups excluding carboxylic acids is 1. The molecule has 0 aliphatic carbocycles. The van der Waals surface area contributed by atoms with Gasteiger partial charge in [-0.15, -0.1) is 0 Å². The van der Waals surface area contributed by atoms with Crippen LogP contribution in [0.2, 0.25) is 0 Å². The van der Waals surface area contributed by atoms with Gasteiger partial charge >= 0.3 is 0 Å². The Kier molecular flexibility index (Phi) is 4.71. The van der Waals surface area contributed by atoms with Crippen LogP contribution in [0.15, 0.2) is 96.6 Å². The van der Waals surface area contributed by atoms with E-state index < -0.39 is 0 Å². The molecule has 3 aromatic rings. The maximum absolute atomic E-state index is 12.1. The average molecular weight is 352 g/mol. The third-order valence-corrected chi connectivity index (χ3v) is 4.79. The van der Waals surface area contributed by atoms with Crippen LogP contribution in [-0.4, -0.2) is 6.29 Å². The minimum atomic E-state index is -0.151. The number of hydrogen-bond acceptors (Lipinski definition) is 2. The fraction of sp³-hybridized carbons (Fsp3) is 0.0800. The minimum absolute atomic E-state index is 0.151. The first-order chi connectivity index (χ1) is 13.3. The van der Waals surface area contributed by atoms with E-state index in [-0.39, 0.29) is 5.92 Å². The lowest BCUT2D eigenvalue weighted by Gasteiger charge is -2.26. The molecule has 0 amide bonds. The van der Waals surface area contributed by atoms with Crippen molar-refractivity contribution in [3.05, 3.63) is 119 Å². The summed E-state index contributed by atoms with van der Waals surface area (Å²) >= 11 is 0. The highest BCUT2D eigenvalue weighted by atomic mass is 16.5. The van der Waals surface area contributed by atoms with Crippen molar-refractivity contribution in [2.45, 2.75) is 12.8 Å². The Morgan fingerprint density at radius 3 is 1.96 bits per heavy atom. The van der Waals surface area contributed by atoms with Crippen LogP contribution < -0.4 is 0 Å². The zero-order valence-electron chi connectivity index (χ0n) is 15.1. The molecular weight excluding hydrogens is 332 g/mol. The van der Waals surface area contributed by atoms with Crippen LogP contribution in [0.25, 0.3) is 11.5 Å². The van der Waals surface area contributed by atoms with Crippen molar-refractivity contribution in [1.82, 2.24) is 0 Å². The van der Waals surface area contributed by atoms with Crippen molar-refractivity contribution in [3.63, 3.8) is 0 Å². The Balaban J connectivity index is 1.88. The summed E-state index contributed by atoms with van der Waals surface area (Å²) in [4.78, 5) is 12.1. The van der Waals surface area contributed by atoms with E-state index in [1.54, 1.807) is 0 Å². The maximum Gasteiger partial charge on any atom is 0.150 e. The van der Waals surface area contributed by atoms with Crippen molar-refractivity contribution in [3.8, 4) is 0 Å². The lowest BCUT2D eigenvalue weighted by atomic mass is 9.86. The van der Waals surface area contributed by atoms with Crippen molar-refractivity contribution < 1.29 is 9.53 Å². The highest BCUT2D eigenvalue weighted by Crippen LogP contribution is 2.40. The van der Waals surface area contributed by atoms with E-state index in [1.165, 1.54) is 5.56 Å². The van der Waals surface area contributed by atoms with Crippen molar-refractivity contribution >= 4 is 17.8 Å². The summed E-state index contributed by atoms with van der Waals surface area (Å²) in [6.45, 7) is 2.06. The predicted octanol–water partition coefficient (Wildman–Crippen LogP) is 5.76. The second-order valence-corrected chi connectivity index (χ2v) is 6.66. The third kappa shape index (κ3) is 3.47. The topological polar surface area (TPSA) is 26.3 Å². The van der Waals surface area contributed by atoms with E-state index in [9.17, 15) is 4.79 Å². The summed E-state index contributed by atoms with van der Waals surface area (Å²) < 4.78 is 6.25. The third-order valence-electron chi connectivity index (χ3n) is 4.79. The minimum Gasteiger partial charge on any atom is -0.456 e. The Labute approximate surface area is 159 Å². The number of aldehydes is 1. The molecule has 27 heavy (non-hydrogen) atoms. The lowest BCUT2D eigenvalue weighted by Crippen LogP contribution is -2.12. The van der Waals surface area contributed by atoms with Gasteiger partial charge in [-0.1, -0.05) is 90.5 Å². The van der Waals surface area contributed by atoms with Gasteiger partial charge in [0.15, 0.2) is 6.29 Å². The van der Waals surface area contributed by atoms with Gasteiger partial charge < -0.3 is 4.74 Å². The summed E-state index contributed by atoms with van der Waals surface area (Å²) in [7, 11) is 0. The standard InChI is InChI=1S/C25H20O2/c1-18-12-14-19(15-13-18)22-16-24(20-8-4-2-5-9-20)27-25(23(22)17-26)21-10-6-3-7-11-21/h2-17,22H,1H3/t22-/m1/s1. The molecule has 0 saturated heterocycles. The molecule has 1 aliphatic rings. The molecular formula is C25H20O2. The van der Waals surface area contributed by atoms with E-state index in [0.29, 0.717) is 11.3 Å². The number of ether oxygens (including phenoxy) is 1. The molecule has 0 unspecified atom stereocenters. The quantitative estimate of drug-likeness (QED) is 0.558. The van der Waals surface area contributed by atoms with Gasteiger partial charge in [0.05, 0.1) is 0 Å². The molecule has 132 valence electrons. The average Bonchev–Trinajstić information content (AvgIpc) is 2.74. The van der Waals surface area contributed by atoms with Gasteiger partial charge in [0.1, 0.15) is 11.5 Å². The van der Waals surface area contributed by atoms with Crippen LogP contribution in [0, 0.1) is 6.92 Å². The van der Waals surface area contributed by atoms with Gasteiger partial charge in [0.2, 0.25) is 0 Å². The van der Waals surface area contributed by atoms with Gasteiger partial charge in [-0.05, 0) is 18.6 Å². The molecule has 0 aromatic heterocycles. The van der Waals surface area contributed by atoms with Crippen LogP contribution in [-0.2, 0) is 9.53 Å². The second-order valence-electron chi connectivity index (χ2n) is 6.66. The highest BCUT2D eigenvalue weighted by Gasteiger charge is 2.27. The van der Waals surface area contributed by atoms with Gasteiger partial charge in [-0.25, -0.2) is 0 Å². The number of benzene rings is 3. The van der Waals surface area contributed by atoms with Gasteiger partial charge in [0.25, 0.3) is 0 Å². The SMILES string of the molecule is Cc1ccc([C@H]2C=C(c3ccccc3)OC(c3ccccc3)=C2C=O)cc1. The number of aryl methyl sites for hydroxylation is 1. The Morgan fingerprint density at radius 1 is 0.778 bits per heavy atom. The number of hydrogen-bond donors (Lipinski definition) is 0. The summed E-state index contributed by atoms with van der Waals surface area (Å²) in [5.74, 6) is 1.24. The fourth-order valence-electron chi connectivity index (χ4n) is 3.33. The largest absolute Gasteiger partial charge is 0.456 e. The first kappa shape index (κ1) is 17.0. The Hall–Kier alpha value is -3.39. The smallest absolute Gasteiger partial charge is 0.150 e. The summed E-state index contributed by atoms with van der Waals surface area (Å²) in [5.41, 5.74) is 4.81.